The van der Waals surface area contributed by atoms with E-state index in [-0.39, 0.29) is 0 Å². The van der Waals surface area contributed by atoms with Gasteiger partial charge in [-0.3, -0.25) is 4.98 Å². The van der Waals surface area contributed by atoms with E-state index in [1.54, 1.807) is 0 Å². The summed E-state index contributed by atoms with van der Waals surface area (Å²) in [5.74, 6) is 0. The van der Waals surface area contributed by atoms with Crippen LogP contribution in [0.2, 0.25) is 0 Å². The number of nitrogens with zero attached hydrogens (tertiary/aromatic N) is 1. The summed E-state index contributed by atoms with van der Waals surface area (Å²) in [6.45, 7) is 4.16. The average molecular weight is 226 g/mol. The molecule has 0 spiro atoms. The number of hydrogen-bond acceptors (Lipinski definition) is 2. The largest absolute Gasteiger partial charge is 0.313 e. The van der Waals surface area contributed by atoms with E-state index in [1.807, 2.05) is 26.2 Å². The van der Waals surface area contributed by atoms with E-state index in [9.17, 15) is 0 Å². The first-order valence-corrected chi connectivity index (χ1v) is 5.91. The fraction of sp³-hybridized carbons (Fsp3) is 0.267. The van der Waals surface area contributed by atoms with Crippen LogP contribution in [0.25, 0.3) is 11.1 Å². The van der Waals surface area contributed by atoms with Crippen molar-refractivity contribution in [3.63, 3.8) is 0 Å². The monoisotopic (exact) mass is 226 g/mol. The molecule has 0 fully saturated rings. The highest BCUT2D eigenvalue weighted by Crippen LogP contribution is 2.21. The molecule has 0 radical (unpaired) electrons. The molecule has 0 aliphatic carbocycles. The Morgan fingerprint density at radius 2 is 1.65 bits per heavy atom. The predicted octanol–water partition coefficient (Wildman–Crippen LogP) is 3.34. The highest BCUT2D eigenvalue weighted by atomic mass is 14.8. The number of benzene rings is 1. The zero-order chi connectivity index (χ0) is 12.3. The summed E-state index contributed by atoms with van der Waals surface area (Å²) in [5, 5.41) is 3.24. The molecule has 1 N–H and O–H groups in total. The maximum atomic E-state index is 4.32. The minimum atomic E-state index is 0.389. The van der Waals surface area contributed by atoms with Gasteiger partial charge in [-0.25, -0.2) is 0 Å². The SMILES string of the molecule is CNC(C)c1ccc(-c2ccc(C)nc2)cc1. The highest BCUT2D eigenvalue weighted by molar-refractivity contribution is 5.62. The van der Waals surface area contributed by atoms with Crippen LogP contribution in [0, 0.1) is 6.92 Å². The number of nitrogens with one attached hydrogen (secondary N) is 1. The second kappa shape index (κ2) is 5.11. The minimum absolute atomic E-state index is 0.389. The molecule has 1 aromatic heterocycles. The van der Waals surface area contributed by atoms with E-state index in [4.69, 9.17) is 0 Å². The first-order valence-electron chi connectivity index (χ1n) is 5.91. The lowest BCUT2D eigenvalue weighted by Crippen LogP contribution is -2.11. The number of hydrogen-bond donors (Lipinski definition) is 1. The van der Waals surface area contributed by atoms with Crippen LogP contribution in [-0.4, -0.2) is 12.0 Å². The lowest BCUT2D eigenvalue weighted by Gasteiger charge is -2.11. The number of aromatic nitrogens is 1. The summed E-state index contributed by atoms with van der Waals surface area (Å²) in [6, 6.07) is 13.2. The maximum absolute atomic E-state index is 4.32. The average Bonchev–Trinajstić information content (AvgIpc) is 2.39. The summed E-state index contributed by atoms with van der Waals surface area (Å²) >= 11 is 0. The summed E-state index contributed by atoms with van der Waals surface area (Å²) in [7, 11) is 1.97. The molecular weight excluding hydrogens is 208 g/mol. The first kappa shape index (κ1) is 11.8. The van der Waals surface area contributed by atoms with Crippen molar-refractivity contribution in [3.05, 3.63) is 53.9 Å². The van der Waals surface area contributed by atoms with Crippen molar-refractivity contribution in [3.8, 4) is 11.1 Å². The third-order valence-corrected chi connectivity index (χ3v) is 3.09. The highest BCUT2D eigenvalue weighted by Gasteiger charge is 2.03. The Hall–Kier alpha value is -1.67. The van der Waals surface area contributed by atoms with Gasteiger partial charge >= 0.3 is 0 Å². The van der Waals surface area contributed by atoms with Crippen molar-refractivity contribution >= 4 is 0 Å². The Morgan fingerprint density at radius 1 is 1.00 bits per heavy atom. The number of aryl methyl sites for hydroxylation is 1. The quantitative estimate of drug-likeness (QED) is 0.868. The lowest BCUT2D eigenvalue weighted by atomic mass is 10.0. The van der Waals surface area contributed by atoms with Gasteiger partial charge in [-0.2, -0.15) is 0 Å². The number of rotatable bonds is 3. The topological polar surface area (TPSA) is 24.9 Å². The van der Waals surface area contributed by atoms with Crippen molar-refractivity contribution in [2.24, 2.45) is 0 Å². The van der Waals surface area contributed by atoms with Gasteiger partial charge in [-0.05, 0) is 38.1 Å². The van der Waals surface area contributed by atoms with Crippen LogP contribution < -0.4 is 5.32 Å². The molecule has 0 saturated heterocycles. The molecule has 0 saturated carbocycles. The van der Waals surface area contributed by atoms with Gasteiger partial charge in [0.05, 0.1) is 0 Å². The zero-order valence-corrected chi connectivity index (χ0v) is 10.6. The molecule has 0 aliphatic rings. The van der Waals surface area contributed by atoms with E-state index in [2.05, 4.69) is 47.6 Å². The van der Waals surface area contributed by atoms with Gasteiger partial charge in [0.25, 0.3) is 0 Å². The number of pyridine rings is 1. The van der Waals surface area contributed by atoms with Crippen molar-refractivity contribution in [1.29, 1.82) is 0 Å². The molecule has 2 heteroatoms. The molecule has 0 aliphatic heterocycles. The van der Waals surface area contributed by atoms with Crippen LogP contribution in [0.5, 0.6) is 0 Å². The Labute approximate surface area is 103 Å². The van der Waals surface area contributed by atoms with Gasteiger partial charge in [-0.1, -0.05) is 30.3 Å². The standard InChI is InChI=1S/C15H18N2/c1-11-4-5-15(10-17-11)14-8-6-13(7-9-14)12(2)16-3/h4-10,12,16H,1-3H3. The van der Waals surface area contributed by atoms with Gasteiger partial charge in [0.15, 0.2) is 0 Å². The molecule has 17 heavy (non-hydrogen) atoms. The van der Waals surface area contributed by atoms with Crippen LogP contribution >= 0.6 is 0 Å². The van der Waals surface area contributed by atoms with Gasteiger partial charge in [0.1, 0.15) is 0 Å². The van der Waals surface area contributed by atoms with Crippen LogP contribution in [0.3, 0.4) is 0 Å². The normalized spacial score (nSPS) is 12.4. The van der Waals surface area contributed by atoms with E-state index >= 15 is 0 Å². The molecule has 1 unspecified atom stereocenters. The zero-order valence-electron chi connectivity index (χ0n) is 10.6. The smallest absolute Gasteiger partial charge is 0.0373 e. The first-order chi connectivity index (χ1) is 8.20. The molecular formula is C15H18N2. The van der Waals surface area contributed by atoms with E-state index in [0.717, 1.165) is 5.69 Å². The summed E-state index contributed by atoms with van der Waals surface area (Å²) in [4.78, 5) is 4.32. The van der Waals surface area contributed by atoms with E-state index in [1.165, 1.54) is 16.7 Å². The van der Waals surface area contributed by atoms with Gasteiger partial charge in [0.2, 0.25) is 0 Å². The van der Waals surface area contributed by atoms with Gasteiger partial charge in [-0.15, -0.1) is 0 Å². The van der Waals surface area contributed by atoms with Crippen molar-refractivity contribution < 1.29 is 0 Å². The summed E-state index contributed by atoms with van der Waals surface area (Å²) in [5.41, 5.74) is 4.73. The molecule has 88 valence electrons. The maximum Gasteiger partial charge on any atom is 0.0373 e. The lowest BCUT2D eigenvalue weighted by molar-refractivity contribution is 0.652. The van der Waals surface area contributed by atoms with Gasteiger partial charge < -0.3 is 5.32 Å². The fourth-order valence-electron chi connectivity index (χ4n) is 1.77. The van der Waals surface area contributed by atoms with E-state index in [0.29, 0.717) is 6.04 Å². The van der Waals surface area contributed by atoms with Gasteiger partial charge in [0, 0.05) is 23.5 Å². The Balaban J connectivity index is 2.26. The Bertz CT molecular complexity index is 471. The molecule has 2 rings (SSSR count). The second-order valence-electron chi connectivity index (χ2n) is 4.32. The third kappa shape index (κ3) is 2.71. The Morgan fingerprint density at radius 3 is 2.18 bits per heavy atom. The Kier molecular flexibility index (Phi) is 3.55. The van der Waals surface area contributed by atoms with Crippen LogP contribution in [-0.2, 0) is 0 Å². The van der Waals surface area contributed by atoms with Crippen LogP contribution in [0.1, 0.15) is 24.2 Å². The molecule has 1 atom stereocenters. The van der Waals surface area contributed by atoms with E-state index < -0.39 is 0 Å². The van der Waals surface area contributed by atoms with Crippen molar-refractivity contribution in [2.75, 3.05) is 7.05 Å². The summed E-state index contributed by atoms with van der Waals surface area (Å²) in [6.07, 6.45) is 1.92. The molecule has 2 nitrogen and oxygen atoms in total. The molecule has 1 heterocycles. The molecule has 0 bridgehead atoms. The van der Waals surface area contributed by atoms with Crippen molar-refractivity contribution in [2.45, 2.75) is 19.9 Å². The molecule has 2 aromatic rings. The predicted molar refractivity (Wildman–Crippen MR) is 71.9 cm³/mol. The van der Waals surface area contributed by atoms with Crippen molar-refractivity contribution in [1.82, 2.24) is 10.3 Å². The summed E-state index contributed by atoms with van der Waals surface area (Å²) < 4.78 is 0. The van der Waals surface area contributed by atoms with Crippen LogP contribution in [0.15, 0.2) is 42.6 Å². The van der Waals surface area contributed by atoms with Crippen LogP contribution in [0.4, 0.5) is 0 Å². The molecule has 0 amide bonds. The second-order valence-corrected chi connectivity index (χ2v) is 4.32. The third-order valence-electron chi connectivity index (χ3n) is 3.09. The molecule has 1 aromatic carbocycles. The fourth-order valence-corrected chi connectivity index (χ4v) is 1.77. The minimum Gasteiger partial charge on any atom is -0.313 e.